The Morgan fingerprint density at radius 2 is 2.00 bits per heavy atom. The normalized spacial score (nSPS) is 12.4. The van der Waals surface area contributed by atoms with Crippen molar-refractivity contribution in [3.05, 3.63) is 53.1 Å². The van der Waals surface area contributed by atoms with Gasteiger partial charge in [0.25, 0.3) is 0 Å². The third-order valence-corrected chi connectivity index (χ3v) is 3.77. The maximum Gasteiger partial charge on any atom is 0.182 e. The highest BCUT2D eigenvalue weighted by molar-refractivity contribution is 6.33. The lowest BCUT2D eigenvalue weighted by molar-refractivity contribution is 0.0991. The van der Waals surface area contributed by atoms with Gasteiger partial charge in [0.05, 0.1) is 5.38 Å². The first-order valence-electron chi connectivity index (χ1n) is 6.74. The minimum Gasteiger partial charge on any atom is -0.348 e. The Morgan fingerprint density at radius 1 is 1.35 bits per heavy atom. The van der Waals surface area contributed by atoms with Crippen molar-refractivity contribution in [1.82, 2.24) is 9.55 Å². The molecule has 0 aromatic carbocycles. The van der Waals surface area contributed by atoms with Gasteiger partial charge < -0.3 is 4.57 Å². The van der Waals surface area contributed by atoms with E-state index in [1.54, 1.807) is 19.3 Å². The molecule has 0 aliphatic carbocycles. The van der Waals surface area contributed by atoms with E-state index in [0.29, 0.717) is 0 Å². The van der Waals surface area contributed by atoms with E-state index in [1.807, 2.05) is 32.0 Å². The van der Waals surface area contributed by atoms with Crippen LogP contribution in [0.4, 0.5) is 0 Å². The van der Waals surface area contributed by atoms with Crippen LogP contribution in [-0.4, -0.2) is 20.7 Å². The molecule has 0 radical (unpaired) electrons. The molecule has 2 aromatic rings. The number of hydrogen-bond acceptors (Lipinski definition) is 2. The molecule has 0 saturated heterocycles. The molecular weight excluding hydrogens is 272 g/mol. The summed E-state index contributed by atoms with van der Waals surface area (Å²) in [6, 6.07) is 5.96. The van der Waals surface area contributed by atoms with Crippen LogP contribution < -0.4 is 0 Å². The molecule has 1 unspecified atom stereocenters. The lowest BCUT2D eigenvalue weighted by Gasteiger charge is -2.10. The molecule has 0 amide bonds. The minimum atomic E-state index is -0.482. The van der Waals surface area contributed by atoms with Crippen molar-refractivity contribution in [1.29, 1.82) is 0 Å². The van der Waals surface area contributed by atoms with Crippen molar-refractivity contribution in [2.75, 3.05) is 0 Å². The van der Waals surface area contributed by atoms with E-state index in [-0.39, 0.29) is 5.78 Å². The molecule has 0 N–H and O–H groups in total. The highest BCUT2D eigenvalue weighted by Gasteiger charge is 2.19. The summed E-state index contributed by atoms with van der Waals surface area (Å²) >= 11 is 5.90. The summed E-state index contributed by atoms with van der Waals surface area (Å²) < 4.78 is 2.17. The third-order valence-electron chi connectivity index (χ3n) is 3.57. The molecule has 0 aliphatic rings. The SMILES string of the molecule is Cc1cc(C(=O)C(C)Cl)c(C)n1CCc1ccncc1. The molecule has 3 nitrogen and oxygen atoms in total. The zero-order chi connectivity index (χ0) is 14.7. The van der Waals surface area contributed by atoms with Gasteiger partial charge in [0.15, 0.2) is 5.78 Å². The lowest BCUT2D eigenvalue weighted by Crippen LogP contribution is -2.12. The van der Waals surface area contributed by atoms with Gasteiger partial charge in [-0.1, -0.05) is 0 Å². The van der Waals surface area contributed by atoms with Gasteiger partial charge in [-0.05, 0) is 51.0 Å². The Labute approximate surface area is 124 Å². The number of carbonyl (C=O) groups excluding carboxylic acids is 1. The molecule has 2 heterocycles. The molecule has 0 aliphatic heterocycles. The monoisotopic (exact) mass is 290 g/mol. The lowest BCUT2D eigenvalue weighted by atomic mass is 10.1. The average Bonchev–Trinajstić information content (AvgIpc) is 2.72. The molecule has 4 heteroatoms. The number of Topliss-reactive ketones (excluding diaryl/α,β-unsaturated/α-hetero) is 1. The number of carbonyl (C=O) groups is 1. The van der Waals surface area contributed by atoms with Crippen LogP contribution in [0, 0.1) is 13.8 Å². The van der Waals surface area contributed by atoms with Gasteiger partial charge >= 0.3 is 0 Å². The summed E-state index contributed by atoms with van der Waals surface area (Å²) in [6.07, 6.45) is 4.52. The van der Waals surface area contributed by atoms with Gasteiger partial charge in [-0.25, -0.2) is 0 Å². The van der Waals surface area contributed by atoms with E-state index >= 15 is 0 Å². The molecule has 106 valence electrons. The standard InChI is InChI=1S/C16H19ClN2O/c1-11-10-15(16(20)12(2)17)13(3)19(11)9-6-14-4-7-18-8-5-14/h4-5,7-8,10,12H,6,9H2,1-3H3. The van der Waals surface area contributed by atoms with E-state index in [2.05, 4.69) is 9.55 Å². The van der Waals surface area contributed by atoms with Crippen molar-refractivity contribution in [2.45, 2.75) is 39.1 Å². The topological polar surface area (TPSA) is 34.9 Å². The largest absolute Gasteiger partial charge is 0.348 e. The zero-order valence-electron chi connectivity index (χ0n) is 12.1. The second-order valence-corrected chi connectivity index (χ2v) is 5.68. The van der Waals surface area contributed by atoms with Gasteiger partial charge in [0.2, 0.25) is 0 Å². The van der Waals surface area contributed by atoms with Gasteiger partial charge in [-0.3, -0.25) is 9.78 Å². The van der Waals surface area contributed by atoms with Gasteiger partial charge in [-0.15, -0.1) is 11.6 Å². The molecule has 2 aromatic heterocycles. The van der Waals surface area contributed by atoms with Crippen LogP contribution in [0.2, 0.25) is 0 Å². The van der Waals surface area contributed by atoms with Gasteiger partial charge in [0.1, 0.15) is 0 Å². The Hall–Kier alpha value is -1.61. The maximum absolute atomic E-state index is 12.1. The van der Waals surface area contributed by atoms with E-state index < -0.39 is 5.38 Å². The number of aromatic nitrogens is 2. The van der Waals surface area contributed by atoms with Crippen molar-refractivity contribution < 1.29 is 4.79 Å². The van der Waals surface area contributed by atoms with Crippen LogP contribution in [0.5, 0.6) is 0 Å². The third kappa shape index (κ3) is 3.10. The van der Waals surface area contributed by atoms with Crippen molar-refractivity contribution in [3.63, 3.8) is 0 Å². The summed E-state index contributed by atoms with van der Waals surface area (Å²) in [7, 11) is 0. The number of ketones is 1. The fraction of sp³-hybridized carbons (Fsp3) is 0.375. The van der Waals surface area contributed by atoms with Gasteiger partial charge in [-0.2, -0.15) is 0 Å². The summed E-state index contributed by atoms with van der Waals surface area (Å²) in [6.45, 7) is 6.57. The summed E-state index contributed by atoms with van der Waals surface area (Å²) in [5.41, 5.74) is 4.07. The number of aryl methyl sites for hydroxylation is 2. The molecule has 0 saturated carbocycles. The summed E-state index contributed by atoms with van der Waals surface area (Å²) in [5, 5.41) is -0.482. The van der Waals surface area contributed by atoms with Crippen molar-refractivity contribution in [3.8, 4) is 0 Å². The highest BCUT2D eigenvalue weighted by atomic mass is 35.5. The second kappa shape index (κ2) is 6.23. The average molecular weight is 291 g/mol. The first-order valence-corrected chi connectivity index (χ1v) is 7.18. The number of alkyl halides is 1. The molecule has 0 bridgehead atoms. The van der Waals surface area contributed by atoms with Crippen LogP contribution in [-0.2, 0) is 13.0 Å². The van der Waals surface area contributed by atoms with Gasteiger partial charge in [0, 0.05) is 35.9 Å². The Morgan fingerprint density at radius 3 is 2.60 bits per heavy atom. The van der Waals surface area contributed by atoms with Crippen LogP contribution in [0.15, 0.2) is 30.6 Å². The van der Waals surface area contributed by atoms with Crippen LogP contribution in [0.3, 0.4) is 0 Å². The number of pyridine rings is 1. The molecule has 0 fully saturated rings. The summed E-state index contributed by atoms with van der Waals surface area (Å²) in [4.78, 5) is 16.1. The Balaban J connectivity index is 2.19. The van der Waals surface area contributed by atoms with E-state index in [4.69, 9.17) is 11.6 Å². The van der Waals surface area contributed by atoms with E-state index in [1.165, 1.54) is 5.56 Å². The van der Waals surface area contributed by atoms with Crippen LogP contribution in [0.25, 0.3) is 0 Å². The summed E-state index contributed by atoms with van der Waals surface area (Å²) in [5.74, 6) is -0.00470. The first kappa shape index (κ1) is 14.8. The Kier molecular flexibility index (Phi) is 4.61. The quantitative estimate of drug-likeness (QED) is 0.623. The minimum absolute atomic E-state index is 0.00470. The highest BCUT2D eigenvalue weighted by Crippen LogP contribution is 2.19. The molecule has 2 rings (SSSR count). The number of nitrogens with zero attached hydrogens (tertiary/aromatic N) is 2. The molecule has 0 spiro atoms. The van der Waals surface area contributed by atoms with E-state index in [0.717, 1.165) is 29.9 Å². The predicted molar refractivity (Wildman–Crippen MR) is 81.5 cm³/mol. The molecule has 1 atom stereocenters. The fourth-order valence-corrected chi connectivity index (χ4v) is 2.52. The van der Waals surface area contributed by atoms with Crippen molar-refractivity contribution in [2.24, 2.45) is 0 Å². The predicted octanol–water partition coefficient (Wildman–Crippen LogP) is 3.55. The second-order valence-electron chi connectivity index (χ2n) is 5.02. The molecule has 20 heavy (non-hydrogen) atoms. The van der Waals surface area contributed by atoms with Crippen LogP contribution >= 0.6 is 11.6 Å². The van der Waals surface area contributed by atoms with Crippen LogP contribution in [0.1, 0.15) is 34.2 Å². The molecular formula is C16H19ClN2O. The fourth-order valence-electron chi connectivity index (χ4n) is 2.40. The number of rotatable bonds is 5. The Bertz CT molecular complexity index is 602. The number of hydrogen-bond donors (Lipinski definition) is 0. The first-order chi connectivity index (χ1) is 9.50. The zero-order valence-corrected chi connectivity index (χ0v) is 12.8. The van der Waals surface area contributed by atoms with E-state index in [9.17, 15) is 4.79 Å². The van der Waals surface area contributed by atoms with Crippen molar-refractivity contribution >= 4 is 17.4 Å². The smallest absolute Gasteiger partial charge is 0.182 e. The maximum atomic E-state index is 12.1. The number of halogens is 1.